The van der Waals surface area contributed by atoms with Crippen molar-refractivity contribution in [2.75, 3.05) is 19.5 Å². The van der Waals surface area contributed by atoms with Gasteiger partial charge in [0.25, 0.3) is 0 Å². The maximum absolute atomic E-state index is 13.3. The van der Waals surface area contributed by atoms with E-state index in [9.17, 15) is 4.39 Å². The molecule has 2 aromatic rings. The van der Waals surface area contributed by atoms with Crippen molar-refractivity contribution < 1.29 is 9.13 Å². The Morgan fingerprint density at radius 3 is 3.00 bits per heavy atom. The molecule has 19 heavy (non-hydrogen) atoms. The van der Waals surface area contributed by atoms with E-state index in [1.165, 1.54) is 18.2 Å². The van der Waals surface area contributed by atoms with E-state index >= 15 is 0 Å². The van der Waals surface area contributed by atoms with Crippen molar-refractivity contribution in [2.45, 2.75) is 19.4 Å². The van der Waals surface area contributed by atoms with E-state index < -0.39 is 0 Å². The van der Waals surface area contributed by atoms with Crippen LogP contribution in [0.5, 0.6) is 0 Å². The summed E-state index contributed by atoms with van der Waals surface area (Å²) >= 11 is 0. The van der Waals surface area contributed by atoms with E-state index in [2.05, 4.69) is 15.5 Å². The number of nitrogen functional groups attached to an aromatic ring is 1. The number of hydrogen-bond acceptors (Lipinski definition) is 5. The van der Waals surface area contributed by atoms with Crippen LogP contribution in [-0.4, -0.2) is 33.9 Å². The summed E-state index contributed by atoms with van der Waals surface area (Å²) in [5, 5.41) is 11.5. The molecule has 0 bridgehead atoms. The van der Waals surface area contributed by atoms with Gasteiger partial charge in [0.2, 0.25) is 0 Å². The molecule has 1 unspecified atom stereocenters. The van der Waals surface area contributed by atoms with Gasteiger partial charge in [-0.1, -0.05) is 0 Å². The van der Waals surface area contributed by atoms with Gasteiger partial charge in [0, 0.05) is 25.0 Å². The maximum atomic E-state index is 13.3. The third kappa shape index (κ3) is 2.87. The number of tetrazole rings is 1. The largest absolute Gasteiger partial charge is 0.398 e. The second kappa shape index (κ2) is 5.75. The maximum Gasteiger partial charge on any atom is 0.184 e. The quantitative estimate of drug-likeness (QED) is 0.832. The van der Waals surface area contributed by atoms with Gasteiger partial charge >= 0.3 is 0 Å². The third-order valence-electron chi connectivity index (χ3n) is 2.91. The Morgan fingerprint density at radius 1 is 1.47 bits per heavy atom. The van der Waals surface area contributed by atoms with Crippen molar-refractivity contribution in [1.29, 1.82) is 0 Å². The molecule has 0 aliphatic rings. The Morgan fingerprint density at radius 2 is 2.26 bits per heavy atom. The second-order valence-corrected chi connectivity index (χ2v) is 4.31. The smallest absolute Gasteiger partial charge is 0.184 e. The van der Waals surface area contributed by atoms with Gasteiger partial charge in [0.1, 0.15) is 5.82 Å². The average Bonchev–Trinajstić information content (AvgIpc) is 2.88. The first kappa shape index (κ1) is 13.4. The Kier molecular flexibility index (Phi) is 4.06. The van der Waals surface area contributed by atoms with E-state index in [1.54, 1.807) is 11.8 Å². The van der Waals surface area contributed by atoms with Crippen molar-refractivity contribution in [3.63, 3.8) is 0 Å². The molecule has 0 saturated heterocycles. The van der Waals surface area contributed by atoms with Crippen LogP contribution in [0, 0.1) is 5.82 Å². The molecule has 1 atom stereocenters. The monoisotopic (exact) mass is 265 g/mol. The summed E-state index contributed by atoms with van der Waals surface area (Å²) in [5.41, 5.74) is 6.79. The topological polar surface area (TPSA) is 78.8 Å². The Hall–Kier alpha value is -2.02. The zero-order valence-electron chi connectivity index (χ0n) is 10.9. The normalized spacial score (nSPS) is 12.6. The first-order chi connectivity index (χ1) is 9.13. The van der Waals surface area contributed by atoms with Gasteiger partial charge < -0.3 is 10.5 Å². The van der Waals surface area contributed by atoms with Crippen molar-refractivity contribution >= 4 is 5.69 Å². The highest BCUT2D eigenvalue weighted by molar-refractivity contribution is 5.71. The highest BCUT2D eigenvalue weighted by atomic mass is 19.1. The van der Waals surface area contributed by atoms with Crippen LogP contribution in [0.15, 0.2) is 18.2 Å². The number of benzene rings is 1. The van der Waals surface area contributed by atoms with Crippen molar-refractivity contribution in [2.24, 2.45) is 0 Å². The summed E-state index contributed by atoms with van der Waals surface area (Å²) < 4.78 is 20.0. The number of ether oxygens (including phenoxy) is 1. The molecule has 1 aromatic carbocycles. The van der Waals surface area contributed by atoms with Crippen LogP contribution in [0.1, 0.15) is 19.4 Å². The van der Waals surface area contributed by atoms with Gasteiger partial charge in [0.15, 0.2) is 5.82 Å². The van der Waals surface area contributed by atoms with Crippen LogP contribution < -0.4 is 5.73 Å². The van der Waals surface area contributed by atoms with Crippen LogP contribution in [0.25, 0.3) is 11.4 Å². The van der Waals surface area contributed by atoms with Gasteiger partial charge in [-0.05, 0) is 42.0 Å². The summed E-state index contributed by atoms with van der Waals surface area (Å²) in [5.74, 6) is 0.0869. The van der Waals surface area contributed by atoms with Gasteiger partial charge in [-0.3, -0.25) is 0 Å². The van der Waals surface area contributed by atoms with Crippen LogP contribution in [0.3, 0.4) is 0 Å². The zero-order valence-corrected chi connectivity index (χ0v) is 10.9. The van der Waals surface area contributed by atoms with E-state index in [0.29, 0.717) is 23.7 Å². The highest BCUT2D eigenvalue weighted by Gasteiger charge is 2.17. The molecule has 0 aliphatic carbocycles. The molecule has 6 nitrogen and oxygen atoms in total. The van der Waals surface area contributed by atoms with E-state index in [-0.39, 0.29) is 11.9 Å². The molecule has 2 N–H and O–H groups in total. The van der Waals surface area contributed by atoms with Crippen LogP contribution >= 0.6 is 0 Å². The molecule has 1 heterocycles. The fourth-order valence-electron chi connectivity index (χ4n) is 1.80. The lowest BCUT2D eigenvalue weighted by atomic mass is 10.1. The SMILES string of the molecule is COCCC(C)n1nnnc1-c1cc(F)ccc1N. The first-order valence-electron chi connectivity index (χ1n) is 5.95. The Labute approximate surface area is 110 Å². The van der Waals surface area contributed by atoms with Crippen LogP contribution in [0.2, 0.25) is 0 Å². The number of nitrogens with zero attached hydrogens (tertiary/aromatic N) is 4. The van der Waals surface area contributed by atoms with Gasteiger partial charge in [-0.2, -0.15) is 0 Å². The van der Waals surface area contributed by atoms with Crippen molar-refractivity contribution in [3.05, 3.63) is 24.0 Å². The molecule has 0 saturated carbocycles. The van der Waals surface area contributed by atoms with Gasteiger partial charge in [-0.25, -0.2) is 9.07 Å². The number of anilines is 1. The summed E-state index contributed by atoms with van der Waals surface area (Å²) in [4.78, 5) is 0. The lowest BCUT2D eigenvalue weighted by Crippen LogP contribution is -2.12. The predicted molar refractivity (Wildman–Crippen MR) is 68.8 cm³/mol. The Balaban J connectivity index is 2.35. The van der Waals surface area contributed by atoms with E-state index in [0.717, 1.165) is 6.42 Å². The minimum Gasteiger partial charge on any atom is -0.398 e. The predicted octanol–water partition coefficient (Wildman–Crippen LogP) is 1.66. The second-order valence-electron chi connectivity index (χ2n) is 4.31. The molecule has 0 aliphatic heterocycles. The molecular weight excluding hydrogens is 249 g/mol. The standard InChI is InChI=1S/C12H16FN5O/c1-8(5-6-19-2)18-12(15-16-17-18)10-7-9(13)3-4-11(10)14/h3-4,7-8H,5-6,14H2,1-2H3. The summed E-state index contributed by atoms with van der Waals surface area (Å²) in [7, 11) is 1.64. The Bertz CT molecular complexity index is 557. The minimum absolute atomic E-state index is 0.0348. The number of methoxy groups -OCH3 is 1. The van der Waals surface area contributed by atoms with E-state index in [4.69, 9.17) is 10.5 Å². The fourth-order valence-corrected chi connectivity index (χ4v) is 1.80. The zero-order chi connectivity index (χ0) is 13.8. The first-order valence-corrected chi connectivity index (χ1v) is 5.95. The number of halogens is 1. The molecule has 0 amide bonds. The molecule has 0 radical (unpaired) electrons. The summed E-state index contributed by atoms with van der Waals surface area (Å²) in [6.07, 6.45) is 0.754. The molecule has 0 fully saturated rings. The number of nitrogens with two attached hydrogens (primary N) is 1. The van der Waals surface area contributed by atoms with Crippen molar-refractivity contribution in [3.8, 4) is 11.4 Å². The number of rotatable bonds is 5. The minimum atomic E-state index is -0.372. The lowest BCUT2D eigenvalue weighted by molar-refractivity contribution is 0.178. The van der Waals surface area contributed by atoms with Gasteiger partial charge in [0.05, 0.1) is 6.04 Å². The average molecular weight is 265 g/mol. The molecule has 102 valence electrons. The number of hydrogen-bond donors (Lipinski definition) is 1. The molecule has 7 heteroatoms. The van der Waals surface area contributed by atoms with Crippen LogP contribution in [-0.2, 0) is 4.74 Å². The summed E-state index contributed by atoms with van der Waals surface area (Å²) in [6, 6.07) is 4.18. The fraction of sp³-hybridized carbons (Fsp3) is 0.417. The van der Waals surface area contributed by atoms with Gasteiger partial charge in [-0.15, -0.1) is 5.10 Å². The number of aromatic nitrogens is 4. The van der Waals surface area contributed by atoms with Crippen molar-refractivity contribution in [1.82, 2.24) is 20.2 Å². The lowest BCUT2D eigenvalue weighted by Gasteiger charge is -2.13. The molecular formula is C12H16FN5O. The highest BCUT2D eigenvalue weighted by Crippen LogP contribution is 2.26. The van der Waals surface area contributed by atoms with Crippen LogP contribution in [0.4, 0.5) is 10.1 Å². The third-order valence-corrected chi connectivity index (χ3v) is 2.91. The molecule has 0 spiro atoms. The summed E-state index contributed by atoms with van der Waals surface area (Å²) in [6.45, 7) is 2.56. The molecule has 1 aromatic heterocycles. The molecule has 2 rings (SSSR count). The van der Waals surface area contributed by atoms with E-state index in [1.807, 2.05) is 6.92 Å².